The highest BCUT2D eigenvalue weighted by atomic mass is 16.3. The van der Waals surface area contributed by atoms with Crippen LogP contribution in [0.25, 0.3) is 0 Å². The lowest BCUT2D eigenvalue weighted by Crippen LogP contribution is -2.53. The van der Waals surface area contributed by atoms with E-state index in [9.17, 15) is 4.79 Å². The maximum absolute atomic E-state index is 12.4. The number of hydrogen-bond donors (Lipinski definition) is 3. The molecule has 1 saturated heterocycles. The Labute approximate surface area is 171 Å². The van der Waals surface area contributed by atoms with E-state index in [1.54, 1.807) is 0 Å². The van der Waals surface area contributed by atoms with Crippen LogP contribution in [0.4, 0.5) is 0 Å². The molecule has 5 rings (SSSR count). The number of aliphatic hydroxyl groups excluding tert-OH is 1. The van der Waals surface area contributed by atoms with Crippen LogP contribution in [0.1, 0.15) is 85.5 Å². The Morgan fingerprint density at radius 2 is 1.68 bits per heavy atom. The van der Waals surface area contributed by atoms with Crippen LogP contribution in [0.15, 0.2) is 0 Å². The summed E-state index contributed by atoms with van der Waals surface area (Å²) in [5.41, 5.74) is 1.47. The number of rotatable bonds is 0. The maximum Gasteiger partial charge on any atom is 0.139 e. The third-order valence-corrected chi connectivity index (χ3v) is 8.99. The first-order chi connectivity index (χ1) is 13.3. The lowest BCUT2D eigenvalue weighted by Gasteiger charge is -2.59. The van der Waals surface area contributed by atoms with Crippen LogP contribution in [0.5, 0.6) is 0 Å². The average molecular weight is 391 g/mol. The fourth-order valence-electron chi connectivity index (χ4n) is 7.12. The fourth-order valence-corrected chi connectivity index (χ4v) is 7.12. The van der Waals surface area contributed by atoms with Crippen LogP contribution >= 0.6 is 0 Å². The summed E-state index contributed by atoms with van der Waals surface area (Å²) in [5, 5.41) is 19.4. The Morgan fingerprint density at radius 3 is 2.29 bits per heavy atom. The summed E-state index contributed by atoms with van der Waals surface area (Å²) in [6.45, 7) is 10.4. The van der Waals surface area contributed by atoms with Crippen LogP contribution in [-0.2, 0) is 4.79 Å². The number of fused-ring (bicyclic) bond motifs is 5. The summed E-state index contributed by atoms with van der Waals surface area (Å²) in [4.78, 5) is 12.4. The van der Waals surface area contributed by atoms with E-state index in [0.717, 1.165) is 68.7 Å². The predicted octanol–water partition coefficient (Wildman–Crippen LogP) is 4.59. The van der Waals surface area contributed by atoms with Crippen molar-refractivity contribution in [2.75, 3.05) is 13.1 Å². The molecule has 1 aliphatic heterocycles. The summed E-state index contributed by atoms with van der Waals surface area (Å²) < 4.78 is 0. The van der Waals surface area contributed by atoms with Gasteiger partial charge in [0.05, 0.1) is 6.10 Å². The molecular weight excluding hydrogens is 348 g/mol. The van der Waals surface area contributed by atoms with E-state index in [-0.39, 0.29) is 11.5 Å². The third kappa shape index (κ3) is 3.71. The normalized spacial score (nSPS) is 44.6. The zero-order valence-electron chi connectivity index (χ0n) is 18.5. The summed E-state index contributed by atoms with van der Waals surface area (Å²) in [7, 11) is 0. The van der Waals surface area contributed by atoms with Crippen molar-refractivity contribution >= 4 is 11.5 Å². The predicted molar refractivity (Wildman–Crippen MR) is 115 cm³/mol. The Balaban J connectivity index is 0.000000276. The monoisotopic (exact) mass is 390 g/mol. The average Bonchev–Trinajstić information content (AvgIpc) is 2.98. The van der Waals surface area contributed by atoms with E-state index in [1.165, 1.54) is 25.7 Å². The number of β-amino-alcohol motifs (C(OH)–C–C–N with tert-alkyl or cyclic N) is 1. The first-order valence-electron chi connectivity index (χ1n) is 11.8. The summed E-state index contributed by atoms with van der Waals surface area (Å²) in [5.74, 6) is 3.60. The number of carbonyl (C=O) groups is 1. The minimum atomic E-state index is -0.0463. The van der Waals surface area contributed by atoms with Gasteiger partial charge in [-0.1, -0.05) is 27.7 Å². The molecule has 3 N–H and O–H groups in total. The van der Waals surface area contributed by atoms with Gasteiger partial charge in [0.1, 0.15) is 5.78 Å². The minimum absolute atomic E-state index is 0.0196. The number of Topliss-reactive ketones (excluding diaryl/α,β-unsaturated/α-hetero) is 1. The van der Waals surface area contributed by atoms with E-state index in [0.29, 0.717) is 17.1 Å². The van der Waals surface area contributed by atoms with Crippen LogP contribution in [0.2, 0.25) is 0 Å². The van der Waals surface area contributed by atoms with Gasteiger partial charge in [-0.25, -0.2) is 0 Å². The largest absolute Gasteiger partial charge is 0.390 e. The first-order valence-corrected chi connectivity index (χ1v) is 11.8. The summed E-state index contributed by atoms with van der Waals surface area (Å²) >= 11 is 0. The lowest BCUT2D eigenvalue weighted by atomic mass is 9.45. The second-order valence-electron chi connectivity index (χ2n) is 10.2. The molecule has 0 aromatic carbocycles. The second-order valence-corrected chi connectivity index (χ2v) is 10.2. The molecule has 28 heavy (non-hydrogen) atoms. The third-order valence-electron chi connectivity index (χ3n) is 8.99. The van der Waals surface area contributed by atoms with E-state index >= 15 is 0 Å². The van der Waals surface area contributed by atoms with Gasteiger partial charge in [0, 0.05) is 30.6 Å². The lowest BCUT2D eigenvalue weighted by molar-refractivity contribution is -0.136. The molecule has 0 aromatic heterocycles. The molecule has 160 valence electrons. The van der Waals surface area contributed by atoms with Gasteiger partial charge in [0.2, 0.25) is 0 Å². The van der Waals surface area contributed by atoms with Gasteiger partial charge in [-0.15, -0.1) is 0 Å². The van der Waals surface area contributed by atoms with Crippen molar-refractivity contribution in [1.82, 2.24) is 5.32 Å². The molecule has 0 spiro atoms. The molecule has 5 aliphatic rings. The first kappa shape index (κ1) is 22.0. The number of carbonyl (C=O) groups excluding carboxylic acids is 1. The molecule has 0 radical (unpaired) electrons. The summed E-state index contributed by atoms with van der Waals surface area (Å²) in [6, 6.07) is 0. The van der Waals surface area contributed by atoms with Gasteiger partial charge in [0.25, 0.3) is 0 Å². The second kappa shape index (κ2) is 8.55. The molecule has 0 bridgehead atoms. The van der Waals surface area contributed by atoms with Gasteiger partial charge < -0.3 is 15.8 Å². The van der Waals surface area contributed by atoms with Crippen molar-refractivity contribution < 1.29 is 9.90 Å². The Bertz CT molecular complexity index is 587. The van der Waals surface area contributed by atoms with E-state index < -0.39 is 0 Å². The molecule has 4 saturated carbocycles. The quantitative estimate of drug-likeness (QED) is 0.566. The van der Waals surface area contributed by atoms with E-state index in [2.05, 4.69) is 19.2 Å². The van der Waals surface area contributed by atoms with Gasteiger partial charge in [0.15, 0.2) is 0 Å². The molecular formula is C24H42N2O2. The van der Waals surface area contributed by atoms with Crippen LogP contribution in [0, 0.1) is 39.9 Å². The standard InChI is InChI=1S/C19H29NO.C3H7NO.C2H6/c1-18-9-7-13(20)11-12(18)3-4-14-15-5-6-17(21)19(15,2)10-8-16(14)18;5-3-1-4-2-3;1-2/h12,14-16,20H,3-11H2,1-2H3;3-5H,1-2H2;1-2H3/t12?,14?,15?,16?,18-,19-;;/m0../s1. The van der Waals surface area contributed by atoms with Crippen LogP contribution in [0.3, 0.4) is 0 Å². The Morgan fingerprint density at radius 1 is 1.00 bits per heavy atom. The zero-order valence-corrected chi connectivity index (χ0v) is 18.5. The molecule has 5 fully saturated rings. The molecule has 0 amide bonds. The molecule has 4 unspecified atom stereocenters. The Kier molecular flexibility index (Phi) is 6.71. The highest BCUT2D eigenvalue weighted by molar-refractivity contribution is 5.87. The number of aliphatic hydroxyl groups is 1. The highest BCUT2D eigenvalue weighted by Crippen LogP contribution is 2.65. The van der Waals surface area contributed by atoms with Crippen molar-refractivity contribution in [1.29, 1.82) is 5.41 Å². The molecule has 0 aromatic rings. The minimum Gasteiger partial charge on any atom is -0.390 e. The molecule has 4 aliphatic carbocycles. The number of nitrogens with one attached hydrogen (secondary N) is 2. The van der Waals surface area contributed by atoms with Crippen molar-refractivity contribution in [2.45, 2.75) is 91.6 Å². The van der Waals surface area contributed by atoms with Crippen molar-refractivity contribution in [3.8, 4) is 0 Å². The summed E-state index contributed by atoms with van der Waals surface area (Å²) in [6.07, 6.45) is 10.3. The fraction of sp³-hybridized carbons (Fsp3) is 0.917. The molecule has 1 heterocycles. The van der Waals surface area contributed by atoms with Gasteiger partial charge in [-0.2, -0.15) is 0 Å². The van der Waals surface area contributed by atoms with Gasteiger partial charge >= 0.3 is 0 Å². The molecule has 4 nitrogen and oxygen atoms in total. The maximum atomic E-state index is 12.4. The Hall–Kier alpha value is -0.740. The van der Waals surface area contributed by atoms with Crippen molar-refractivity contribution in [3.63, 3.8) is 0 Å². The van der Waals surface area contributed by atoms with E-state index in [1.807, 2.05) is 13.8 Å². The number of ketones is 1. The number of hydrogen-bond acceptors (Lipinski definition) is 4. The van der Waals surface area contributed by atoms with Crippen molar-refractivity contribution in [2.24, 2.45) is 34.5 Å². The SMILES string of the molecule is CC.C[C@]12CCC(=N)CC1CCC1C2CC[C@]2(C)C(=O)CCC12.OC1CNC1. The van der Waals surface area contributed by atoms with Crippen LogP contribution < -0.4 is 5.32 Å². The van der Waals surface area contributed by atoms with Gasteiger partial charge in [-0.05, 0) is 80.5 Å². The van der Waals surface area contributed by atoms with Crippen molar-refractivity contribution in [3.05, 3.63) is 0 Å². The van der Waals surface area contributed by atoms with Gasteiger partial charge in [-0.3, -0.25) is 4.79 Å². The zero-order chi connectivity index (χ0) is 20.5. The molecule has 4 heteroatoms. The highest BCUT2D eigenvalue weighted by Gasteiger charge is 2.59. The smallest absolute Gasteiger partial charge is 0.139 e. The van der Waals surface area contributed by atoms with E-state index in [4.69, 9.17) is 10.5 Å². The molecule has 6 atom stereocenters. The van der Waals surface area contributed by atoms with Crippen LogP contribution in [-0.4, -0.2) is 35.8 Å². The topological polar surface area (TPSA) is 73.2 Å².